The van der Waals surface area contributed by atoms with E-state index < -0.39 is 0 Å². The zero-order valence-corrected chi connectivity index (χ0v) is 10.7. The van der Waals surface area contributed by atoms with Crippen molar-refractivity contribution in [3.63, 3.8) is 0 Å². The number of carbonyl (C=O) groups is 1. The molecule has 5 nitrogen and oxygen atoms in total. The Labute approximate surface area is 110 Å². The Morgan fingerprint density at radius 2 is 2.28 bits per heavy atom. The van der Waals surface area contributed by atoms with Crippen molar-refractivity contribution in [1.82, 2.24) is 20.1 Å². The second kappa shape index (κ2) is 5.64. The van der Waals surface area contributed by atoms with Crippen molar-refractivity contribution in [3.8, 4) is 0 Å². The molecule has 6 heteroatoms. The first-order valence-electron chi connectivity index (χ1n) is 5.61. The van der Waals surface area contributed by atoms with Gasteiger partial charge in [0.2, 0.25) is 0 Å². The third-order valence-corrected chi connectivity index (χ3v) is 2.84. The summed E-state index contributed by atoms with van der Waals surface area (Å²) < 4.78 is 1.82. The number of nitrogens with zero attached hydrogens (tertiary/aromatic N) is 3. The molecule has 0 aliphatic carbocycles. The molecule has 1 amide bonds. The van der Waals surface area contributed by atoms with Crippen LogP contribution in [0.4, 0.5) is 0 Å². The van der Waals surface area contributed by atoms with Gasteiger partial charge >= 0.3 is 0 Å². The van der Waals surface area contributed by atoms with Crippen LogP contribution in [0, 0.1) is 0 Å². The van der Waals surface area contributed by atoms with Crippen molar-refractivity contribution < 1.29 is 4.79 Å². The molecule has 2 heterocycles. The lowest BCUT2D eigenvalue weighted by molar-refractivity contribution is 0.0949. The van der Waals surface area contributed by atoms with Gasteiger partial charge in [-0.1, -0.05) is 11.6 Å². The highest BCUT2D eigenvalue weighted by atomic mass is 35.5. The van der Waals surface area contributed by atoms with Gasteiger partial charge in [0.05, 0.1) is 17.8 Å². The summed E-state index contributed by atoms with van der Waals surface area (Å²) >= 11 is 5.85. The number of nitrogens with one attached hydrogen (secondary N) is 1. The molecule has 0 aliphatic heterocycles. The van der Waals surface area contributed by atoms with Gasteiger partial charge in [-0.25, -0.2) is 4.98 Å². The third kappa shape index (κ3) is 2.68. The topological polar surface area (TPSA) is 59.8 Å². The lowest BCUT2D eigenvalue weighted by Gasteiger charge is -2.07. The largest absolute Gasteiger partial charge is 0.346 e. The van der Waals surface area contributed by atoms with Crippen LogP contribution in [0.2, 0.25) is 5.15 Å². The van der Waals surface area contributed by atoms with Crippen LogP contribution in [0.25, 0.3) is 0 Å². The number of halogens is 1. The summed E-state index contributed by atoms with van der Waals surface area (Å²) in [5.74, 6) is -0.239. The molecule has 94 valence electrons. The summed E-state index contributed by atoms with van der Waals surface area (Å²) in [4.78, 5) is 15.8. The maximum Gasteiger partial charge on any atom is 0.254 e. The average Bonchev–Trinajstić information content (AvgIpc) is 2.84. The van der Waals surface area contributed by atoms with E-state index in [4.69, 9.17) is 11.6 Å². The predicted molar refractivity (Wildman–Crippen MR) is 68.3 cm³/mol. The first-order chi connectivity index (χ1) is 8.72. The molecule has 0 aliphatic rings. The first-order valence-corrected chi connectivity index (χ1v) is 5.99. The quantitative estimate of drug-likeness (QED) is 0.858. The van der Waals surface area contributed by atoms with E-state index in [-0.39, 0.29) is 11.1 Å². The predicted octanol–water partition coefficient (Wildman–Crippen LogP) is 1.88. The molecular formula is C12H13ClN4O. The Bertz CT molecular complexity index is 553. The minimum atomic E-state index is -0.239. The Morgan fingerprint density at radius 3 is 3.00 bits per heavy atom. The van der Waals surface area contributed by atoms with Crippen LogP contribution in [0.1, 0.15) is 23.0 Å². The molecule has 0 saturated heterocycles. The van der Waals surface area contributed by atoms with Crippen LogP contribution in [-0.2, 0) is 13.1 Å². The van der Waals surface area contributed by atoms with Crippen LogP contribution in [0.3, 0.4) is 0 Å². The van der Waals surface area contributed by atoms with Crippen molar-refractivity contribution in [1.29, 1.82) is 0 Å². The van der Waals surface area contributed by atoms with Crippen LogP contribution < -0.4 is 5.32 Å². The molecule has 2 aromatic heterocycles. The molecule has 18 heavy (non-hydrogen) atoms. The summed E-state index contributed by atoms with van der Waals surface area (Å²) in [5.41, 5.74) is 1.33. The number of carbonyl (C=O) groups excluding carboxylic acids is 1. The Hall–Kier alpha value is -1.88. The normalized spacial score (nSPS) is 10.3. The van der Waals surface area contributed by atoms with Crippen molar-refractivity contribution in [3.05, 3.63) is 47.0 Å². The lowest BCUT2D eigenvalue weighted by Crippen LogP contribution is -2.24. The van der Waals surface area contributed by atoms with E-state index in [1.165, 1.54) is 0 Å². The van der Waals surface area contributed by atoms with Crippen molar-refractivity contribution in [2.45, 2.75) is 20.0 Å². The summed E-state index contributed by atoms with van der Waals surface area (Å²) in [6.07, 6.45) is 3.26. The highest BCUT2D eigenvalue weighted by Gasteiger charge is 2.10. The minimum absolute atomic E-state index is 0.207. The summed E-state index contributed by atoms with van der Waals surface area (Å²) in [5, 5.41) is 7.13. The SMILES string of the molecule is CCn1nccc1CNC(=O)c1cccnc1Cl. The lowest BCUT2D eigenvalue weighted by atomic mass is 10.2. The highest BCUT2D eigenvalue weighted by molar-refractivity contribution is 6.32. The van der Waals surface area contributed by atoms with Gasteiger partial charge in [0.15, 0.2) is 0 Å². The van der Waals surface area contributed by atoms with Crippen molar-refractivity contribution in [2.24, 2.45) is 0 Å². The summed E-state index contributed by atoms with van der Waals surface area (Å²) in [6.45, 7) is 3.18. The molecule has 0 saturated carbocycles. The minimum Gasteiger partial charge on any atom is -0.346 e. The van der Waals surface area contributed by atoms with Crippen LogP contribution in [0.15, 0.2) is 30.6 Å². The smallest absolute Gasteiger partial charge is 0.254 e. The van der Waals surface area contributed by atoms with Crippen LogP contribution in [0.5, 0.6) is 0 Å². The monoisotopic (exact) mass is 264 g/mol. The molecule has 0 spiro atoms. The van der Waals surface area contributed by atoms with E-state index in [1.54, 1.807) is 24.5 Å². The number of hydrogen-bond acceptors (Lipinski definition) is 3. The fraction of sp³-hybridized carbons (Fsp3) is 0.250. The molecule has 0 fully saturated rings. The molecule has 0 bridgehead atoms. The van der Waals surface area contributed by atoms with Crippen LogP contribution >= 0.6 is 11.6 Å². The van der Waals surface area contributed by atoms with Gasteiger partial charge in [0, 0.05) is 18.9 Å². The Balaban J connectivity index is 2.03. The summed E-state index contributed by atoms with van der Waals surface area (Å²) in [7, 11) is 0. The second-order valence-corrected chi connectivity index (χ2v) is 4.02. The zero-order chi connectivity index (χ0) is 13.0. The maximum absolute atomic E-state index is 11.9. The number of aromatic nitrogens is 3. The van der Waals surface area contributed by atoms with Crippen LogP contribution in [-0.4, -0.2) is 20.7 Å². The Kier molecular flexibility index (Phi) is 3.94. The van der Waals surface area contributed by atoms with Crippen molar-refractivity contribution in [2.75, 3.05) is 0 Å². The van der Waals surface area contributed by atoms with E-state index >= 15 is 0 Å². The Morgan fingerprint density at radius 1 is 1.44 bits per heavy atom. The van der Waals surface area contributed by atoms with Gasteiger partial charge in [-0.05, 0) is 25.1 Å². The molecule has 1 N–H and O–H groups in total. The summed E-state index contributed by atoms with van der Waals surface area (Å²) in [6, 6.07) is 5.19. The highest BCUT2D eigenvalue weighted by Crippen LogP contribution is 2.11. The molecule has 0 aromatic carbocycles. The van der Waals surface area contributed by atoms with Gasteiger partial charge in [-0.15, -0.1) is 0 Å². The van der Waals surface area contributed by atoms with Gasteiger partial charge in [0.25, 0.3) is 5.91 Å². The average molecular weight is 265 g/mol. The van der Waals surface area contributed by atoms with Gasteiger partial charge in [0.1, 0.15) is 5.15 Å². The second-order valence-electron chi connectivity index (χ2n) is 3.66. The standard InChI is InChI=1S/C12H13ClN4O/c1-2-17-9(5-7-16-17)8-15-12(18)10-4-3-6-14-11(10)13/h3-7H,2,8H2,1H3,(H,15,18). The fourth-order valence-corrected chi connectivity index (χ4v) is 1.82. The van der Waals surface area contributed by atoms with Gasteiger partial charge in [-0.2, -0.15) is 5.10 Å². The number of pyridine rings is 1. The molecule has 0 radical (unpaired) electrons. The molecule has 0 unspecified atom stereocenters. The molecular weight excluding hydrogens is 252 g/mol. The number of aryl methyl sites for hydroxylation is 1. The van der Waals surface area contributed by atoms with Gasteiger partial charge in [-0.3, -0.25) is 9.48 Å². The molecule has 0 atom stereocenters. The zero-order valence-electron chi connectivity index (χ0n) is 9.93. The fourth-order valence-electron chi connectivity index (χ4n) is 1.62. The van der Waals surface area contributed by atoms with E-state index in [0.717, 1.165) is 12.2 Å². The molecule has 2 aromatic rings. The van der Waals surface area contributed by atoms with Crippen molar-refractivity contribution >= 4 is 17.5 Å². The van der Waals surface area contributed by atoms with E-state index in [9.17, 15) is 4.79 Å². The first kappa shape index (κ1) is 12.6. The number of rotatable bonds is 4. The van der Waals surface area contributed by atoms with E-state index in [1.807, 2.05) is 17.7 Å². The molecule has 2 rings (SSSR count). The van der Waals surface area contributed by atoms with E-state index in [0.29, 0.717) is 12.1 Å². The maximum atomic E-state index is 11.9. The third-order valence-electron chi connectivity index (χ3n) is 2.54. The number of amides is 1. The number of hydrogen-bond donors (Lipinski definition) is 1. The van der Waals surface area contributed by atoms with E-state index in [2.05, 4.69) is 15.4 Å². The van der Waals surface area contributed by atoms with Gasteiger partial charge < -0.3 is 5.32 Å².